The molecule has 0 radical (unpaired) electrons. The molecule has 1 aromatic rings. The lowest BCUT2D eigenvalue weighted by atomic mass is 10.1. The predicted molar refractivity (Wildman–Crippen MR) is 96.6 cm³/mol. The SMILES string of the molecule is O=C(O)NC(=O)CCCCCCCCCCOc1ccc(C(=O)O)cc1. The van der Waals surface area contributed by atoms with Crippen LogP contribution >= 0.6 is 0 Å². The number of benzene rings is 1. The summed E-state index contributed by atoms with van der Waals surface area (Å²) in [5, 5.41) is 19.0. The topological polar surface area (TPSA) is 113 Å². The lowest BCUT2D eigenvalue weighted by Crippen LogP contribution is -2.28. The van der Waals surface area contributed by atoms with Gasteiger partial charge in [0.2, 0.25) is 5.91 Å². The molecule has 144 valence electrons. The number of rotatable bonds is 13. The van der Waals surface area contributed by atoms with Gasteiger partial charge in [0, 0.05) is 6.42 Å². The summed E-state index contributed by atoms with van der Waals surface area (Å²) in [6.45, 7) is 0.616. The molecule has 0 aliphatic rings. The summed E-state index contributed by atoms with van der Waals surface area (Å²) >= 11 is 0. The van der Waals surface area contributed by atoms with E-state index in [0.717, 1.165) is 44.9 Å². The molecule has 0 fully saturated rings. The molecule has 26 heavy (non-hydrogen) atoms. The number of carboxylic acid groups (broad SMARTS) is 2. The molecule has 0 saturated heterocycles. The van der Waals surface area contributed by atoms with Crippen molar-refractivity contribution in [3.05, 3.63) is 29.8 Å². The zero-order valence-corrected chi connectivity index (χ0v) is 14.9. The van der Waals surface area contributed by atoms with Crippen LogP contribution in [-0.2, 0) is 4.79 Å². The molecule has 0 heterocycles. The van der Waals surface area contributed by atoms with Crippen molar-refractivity contribution in [1.29, 1.82) is 0 Å². The summed E-state index contributed by atoms with van der Waals surface area (Å²) in [5.74, 6) is -0.697. The monoisotopic (exact) mass is 365 g/mol. The Morgan fingerprint density at radius 3 is 1.88 bits per heavy atom. The number of hydrogen-bond donors (Lipinski definition) is 3. The highest BCUT2D eigenvalue weighted by Crippen LogP contribution is 2.14. The molecule has 0 saturated carbocycles. The molecule has 0 bridgehead atoms. The number of ether oxygens (including phenoxy) is 1. The Balaban J connectivity index is 1.91. The molecule has 1 rings (SSSR count). The molecule has 0 aromatic heterocycles. The Hall–Kier alpha value is -2.57. The van der Waals surface area contributed by atoms with E-state index in [0.29, 0.717) is 18.8 Å². The number of carbonyl (C=O) groups is 3. The van der Waals surface area contributed by atoms with Crippen LogP contribution in [0.3, 0.4) is 0 Å². The largest absolute Gasteiger partial charge is 0.494 e. The third-order valence-electron chi connectivity index (χ3n) is 3.91. The molecule has 0 unspecified atom stereocenters. The minimum Gasteiger partial charge on any atom is -0.494 e. The number of carboxylic acids is 1. The Morgan fingerprint density at radius 2 is 1.35 bits per heavy atom. The standard InChI is InChI=1S/C19H27NO6/c21-17(20-19(24)25)9-7-5-3-1-2-4-6-8-14-26-16-12-10-15(11-13-16)18(22)23/h10-13H,1-9,14H2,(H,20,21)(H,22,23)(H,24,25). The normalized spacial score (nSPS) is 10.3. The van der Waals surface area contributed by atoms with Gasteiger partial charge in [0.15, 0.2) is 0 Å². The first kappa shape index (κ1) is 21.5. The molecule has 7 nitrogen and oxygen atoms in total. The number of nitrogens with one attached hydrogen (secondary N) is 1. The van der Waals surface area contributed by atoms with E-state index in [-0.39, 0.29) is 12.0 Å². The molecule has 0 spiro atoms. The van der Waals surface area contributed by atoms with Gasteiger partial charge in [0.05, 0.1) is 12.2 Å². The van der Waals surface area contributed by atoms with Gasteiger partial charge < -0.3 is 14.9 Å². The number of unbranched alkanes of at least 4 members (excludes halogenated alkanes) is 7. The highest BCUT2D eigenvalue weighted by Gasteiger charge is 2.04. The van der Waals surface area contributed by atoms with Crippen LogP contribution in [0.5, 0.6) is 5.75 Å². The molecule has 3 N–H and O–H groups in total. The molecule has 7 heteroatoms. The van der Waals surface area contributed by atoms with Gasteiger partial charge in [0.25, 0.3) is 0 Å². The summed E-state index contributed by atoms with van der Waals surface area (Å²) in [7, 11) is 0. The first-order valence-corrected chi connectivity index (χ1v) is 8.98. The van der Waals surface area contributed by atoms with Gasteiger partial charge in [-0.3, -0.25) is 10.1 Å². The van der Waals surface area contributed by atoms with Crippen LogP contribution in [0, 0.1) is 0 Å². The third kappa shape index (κ3) is 10.3. The number of imide groups is 1. The van der Waals surface area contributed by atoms with Crippen molar-refractivity contribution in [2.45, 2.75) is 57.8 Å². The van der Waals surface area contributed by atoms with Gasteiger partial charge in [-0.05, 0) is 37.1 Å². The Bertz CT molecular complexity index is 570. The average Bonchev–Trinajstić information content (AvgIpc) is 2.59. The summed E-state index contributed by atoms with van der Waals surface area (Å²) in [5.41, 5.74) is 0.250. The molecular weight excluding hydrogens is 338 g/mol. The number of hydrogen-bond acceptors (Lipinski definition) is 4. The molecule has 0 aliphatic carbocycles. The van der Waals surface area contributed by atoms with Crippen LogP contribution in [0.4, 0.5) is 4.79 Å². The lowest BCUT2D eigenvalue weighted by Gasteiger charge is -2.06. The van der Waals surface area contributed by atoms with Crippen LogP contribution in [0.15, 0.2) is 24.3 Å². The fourth-order valence-corrected chi connectivity index (χ4v) is 2.51. The van der Waals surface area contributed by atoms with Crippen molar-refractivity contribution in [2.24, 2.45) is 0 Å². The minimum atomic E-state index is -1.30. The van der Waals surface area contributed by atoms with Crippen molar-refractivity contribution in [2.75, 3.05) is 6.61 Å². The van der Waals surface area contributed by atoms with Gasteiger partial charge in [-0.1, -0.05) is 38.5 Å². The smallest absolute Gasteiger partial charge is 0.411 e. The second kappa shape index (κ2) is 12.7. The minimum absolute atomic E-state index is 0.250. The van der Waals surface area contributed by atoms with Gasteiger partial charge in [-0.25, -0.2) is 9.59 Å². The Labute approximate surface area is 153 Å². The predicted octanol–water partition coefficient (Wildman–Crippen LogP) is 4.07. The maximum atomic E-state index is 11.1. The van der Waals surface area contributed by atoms with Crippen LogP contribution in [0.25, 0.3) is 0 Å². The number of aromatic carboxylic acids is 1. The molecule has 1 aromatic carbocycles. The second-order valence-corrected chi connectivity index (χ2v) is 6.11. The van der Waals surface area contributed by atoms with E-state index >= 15 is 0 Å². The van der Waals surface area contributed by atoms with E-state index in [9.17, 15) is 14.4 Å². The Kier molecular flexibility index (Phi) is 10.5. The maximum absolute atomic E-state index is 11.1. The van der Waals surface area contributed by atoms with E-state index < -0.39 is 18.0 Å². The molecule has 2 amide bonds. The zero-order valence-electron chi connectivity index (χ0n) is 14.9. The van der Waals surface area contributed by atoms with Crippen LogP contribution in [-0.4, -0.2) is 34.8 Å². The van der Waals surface area contributed by atoms with Crippen molar-refractivity contribution >= 4 is 18.0 Å². The lowest BCUT2D eigenvalue weighted by molar-refractivity contribution is -0.120. The van der Waals surface area contributed by atoms with Crippen LogP contribution in [0.2, 0.25) is 0 Å². The quantitative estimate of drug-likeness (QED) is 0.454. The highest BCUT2D eigenvalue weighted by molar-refractivity contribution is 5.90. The second-order valence-electron chi connectivity index (χ2n) is 6.11. The van der Waals surface area contributed by atoms with Crippen LogP contribution in [0.1, 0.15) is 68.1 Å². The highest BCUT2D eigenvalue weighted by atomic mass is 16.5. The summed E-state index contributed by atoms with van der Waals surface area (Å²) in [6.07, 6.45) is 7.06. The van der Waals surface area contributed by atoms with E-state index in [1.165, 1.54) is 12.1 Å². The molecule has 0 aliphatic heterocycles. The van der Waals surface area contributed by atoms with Gasteiger partial charge in [0.1, 0.15) is 5.75 Å². The van der Waals surface area contributed by atoms with Gasteiger partial charge in [-0.15, -0.1) is 0 Å². The Morgan fingerprint density at radius 1 is 0.808 bits per heavy atom. The number of carbonyl (C=O) groups excluding carboxylic acids is 1. The maximum Gasteiger partial charge on any atom is 0.411 e. The molecule has 0 atom stereocenters. The van der Waals surface area contributed by atoms with Crippen LogP contribution < -0.4 is 10.1 Å². The van der Waals surface area contributed by atoms with E-state index in [2.05, 4.69) is 0 Å². The van der Waals surface area contributed by atoms with E-state index in [4.69, 9.17) is 14.9 Å². The average molecular weight is 365 g/mol. The summed E-state index contributed by atoms with van der Waals surface area (Å²) < 4.78 is 5.58. The van der Waals surface area contributed by atoms with E-state index in [1.807, 2.05) is 5.32 Å². The van der Waals surface area contributed by atoms with E-state index in [1.54, 1.807) is 12.1 Å². The summed E-state index contributed by atoms with van der Waals surface area (Å²) in [6, 6.07) is 6.40. The molecular formula is C19H27NO6. The summed E-state index contributed by atoms with van der Waals surface area (Å²) in [4.78, 5) is 32.1. The first-order chi connectivity index (χ1) is 12.5. The van der Waals surface area contributed by atoms with Gasteiger partial charge >= 0.3 is 12.1 Å². The number of amides is 2. The van der Waals surface area contributed by atoms with Crippen molar-refractivity contribution < 1.29 is 29.3 Å². The third-order valence-corrected chi connectivity index (χ3v) is 3.91. The van der Waals surface area contributed by atoms with Crippen molar-refractivity contribution in [3.8, 4) is 5.75 Å². The first-order valence-electron chi connectivity index (χ1n) is 8.98. The fourth-order valence-electron chi connectivity index (χ4n) is 2.51. The van der Waals surface area contributed by atoms with Gasteiger partial charge in [-0.2, -0.15) is 0 Å². The fraction of sp³-hybridized carbons (Fsp3) is 0.526. The zero-order chi connectivity index (χ0) is 19.2. The van der Waals surface area contributed by atoms with Crippen molar-refractivity contribution in [3.63, 3.8) is 0 Å². The van der Waals surface area contributed by atoms with Crippen molar-refractivity contribution in [1.82, 2.24) is 5.32 Å².